The van der Waals surface area contributed by atoms with Crippen LogP contribution < -0.4 is 41.8 Å². The molecule has 6 fully saturated rings. The van der Waals surface area contributed by atoms with Crippen LogP contribution in [0.25, 0.3) is 90.2 Å². The van der Waals surface area contributed by atoms with Crippen LogP contribution in [0.1, 0.15) is 139 Å². The topological polar surface area (TPSA) is 273 Å². The molecule has 30 nitrogen and oxygen atoms in total. The largest absolute Gasteiger partial charge is 0.395 e. The SMILES string of the molecule is CCc1cc(-c2cc(=O)n3cc(N4CCN(C5CCC5)[C@@H](C)C4)ccc3n2)cn2cc(C)nc12.CCc1cc(-c2cc(=O)n3cc(N4CCN(C5CCC5)[C@H](C)C4)ccc3n2)cn2cc(C)nc12.CCc1cc(-c2cc(=O)n3cc(N4CCN(CCO)[C@@H](C)C4)ccc3n2)cn2cc(C)nc12.CCc1cc(-c2cc(=O)n3cc(N4CCN(CCO)[C@H](C)C4)ccc3n2)cn2cc(C)nc12. The molecule has 0 bridgehead atoms. The number of anilines is 4. The van der Waals surface area contributed by atoms with Crippen LogP contribution in [0.3, 0.4) is 0 Å². The van der Waals surface area contributed by atoms with Crippen molar-refractivity contribution in [3.05, 3.63) is 258 Å². The molecule has 4 atom stereocenters. The van der Waals surface area contributed by atoms with Crippen LogP contribution in [0, 0.1) is 27.7 Å². The van der Waals surface area contributed by atoms with E-state index in [0.717, 1.165) is 229 Å². The molecule has 696 valence electrons. The Morgan fingerprint density at radius 3 is 0.784 bits per heavy atom. The Hall–Kier alpha value is -12.8. The van der Waals surface area contributed by atoms with Crippen molar-refractivity contribution in [3.63, 3.8) is 0 Å². The van der Waals surface area contributed by atoms with Crippen LogP contribution in [0.2, 0.25) is 0 Å². The number of imidazole rings is 4. The van der Waals surface area contributed by atoms with E-state index >= 15 is 0 Å². The van der Waals surface area contributed by atoms with Crippen LogP contribution >= 0.6 is 0 Å². The molecule has 2 saturated carbocycles. The lowest BCUT2D eigenvalue weighted by atomic mass is 9.89. The summed E-state index contributed by atoms with van der Waals surface area (Å²) in [6.07, 6.45) is 35.3. The molecule has 2 aliphatic carbocycles. The number of aliphatic hydroxyl groups is 2. The maximum atomic E-state index is 13.2. The molecule has 134 heavy (non-hydrogen) atoms. The fraction of sp³-hybridized carbons (Fsp3) is 0.423. The standard InChI is InChI=1S/2C27H32N6O.2C25H30N6O2/c2*1-4-20-12-21(16-31-14-18(2)28-27(20)31)24-13-26(34)33-17-23(8-9-25(33)29-24)30-10-11-32(19(3)15-30)22-6-5-7-22;2*1-4-19-11-20(15-30-13-17(2)26-25(19)30)22-12-24(33)31-16-21(5-6-23(31)27-22)29-8-7-28(9-10-32)18(3)14-29/h2*8-9,12-14,16-17,19,22H,4-7,10-11,15H2,1-3H3;2*5-6,11-13,15-16,18,32H,4,7-10,14H2,1-3H3/t2*19-;2*18-/m1010/s1. The molecule has 4 aliphatic heterocycles. The summed E-state index contributed by atoms with van der Waals surface area (Å²) in [6.45, 7) is 38.6. The molecule has 6 aliphatic rings. The fourth-order valence-electron chi connectivity index (χ4n) is 20.8. The predicted octanol–water partition coefficient (Wildman–Crippen LogP) is 12.7. The molecule has 16 aromatic heterocycles. The number of hydrogen-bond donors (Lipinski definition) is 2. The van der Waals surface area contributed by atoms with Crippen molar-refractivity contribution in [1.82, 2.24) is 94.7 Å². The van der Waals surface area contributed by atoms with Crippen LogP contribution in [0.5, 0.6) is 0 Å². The maximum Gasteiger partial charge on any atom is 0.258 e. The highest BCUT2D eigenvalue weighted by Gasteiger charge is 2.36. The molecule has 0 radical (unpaired) electrons. The first-order valence-corrected chi connectivity index (χ1v) is 48.2. The summed E-state index contributed by atoms with van der Waals surface area (Å²) in [5.41, 5.74) is 25.3. The van der Waals surface area contributed by atoms with Gasteiger partial charge in [-0.2, -0.15) is 0 Å². The summed E-state index contributed by atoms with van der Waals surface area (Å²) in [4.78, 5) is 110. The zero-order chi connectivity index (χ0) is 93.0. The van der Waals surface area contributed by atoms with Gasteiger partial charge in [0.25, 0.3) is 22.2 Å². The third-order valence-electron chi connectivity index (χ3n) is 28.5. The number of pyridine rings is 8. The minimum Gasteiger partial charge on any atom is -0.395 e. The Morgan fingerprint density at radius 2 is 0.560 bits per heavy atom. The molecule has 0 amide bonds. The molecule has 22 rings (SSSR count). The first-order valence-electron chi connectivity index (χ1n) is 48.2. The highest BCUT2D eigenvalue weighted by atomic mass is 16.3. The van der Waals surface area contributed by atoms with Gasteiger partial charge in [0.05, 0.1) is 81.5 Å². The summed E-state index contributed by atoms with van der Waals surface area (Å²) in [5.74, 6) is 0. The highest BCUT2D eigenvalue weighted by Crippen LogP contribution is 2.35. The van der Waals surface area contributed by atoms with Crippen LogP contribution in [-0.4, -0.2) is 246 Å². The molecule has 20 heterocycles. The van der Waals surface area contributed by atoms with Gasteiger partial charge < -0.3 is 47.4 Å². The second kappa shape index (κ2) is 38.3. The zero-order valence-corrected chi connectivity index (χ0v) is 79.3. The minimum atomic E-state index is -0.0937. The van der Waals surface area contributed by atoms with Crippen LogP contribution in [0.15, 0.2) is 191 Å². The third-order valence-corrected chi connectivity index (χ3v) is 28.5. The number of rotatable bonds is 18. The Balaban J connectivity index is 0.000000115. The zero-order valence-electron chi connectivity index (χ0n) is 79.3. The second-order valence-electron chi connectivity index (χ2n) is 37.6. The van der Waals surface area contributed by atoms with Crippen molar-refractivity contribution in [2.75, 3.05) is 124 Å². The quantitative estimate of drug-likeness (QED) is 0.0808. The molecule has 30 heteroatoms. The Labute approximate surface area is 779 Å². The lowest BCUT2D eigenvalue weighted by molar-refractivity contribution is 0.0774. The number of nitrogens with zero attached hydrogens (tertiary/aromatic N) is 24. The van der Waals surface area contributed by atoms with Gasteiger partial charge in [-0.3, -0.25) is 56.4 Å². The minimum absolute atomic E-state index is 0.0528. The third kappa shape index (κ3) is 18.3. The van der Waals surface area contributed by atoms with E-state index < -0.39 is 0 Å². The highest BCUT2D eigenvalue weighted by molar-refractivity contribution is 5.72. The molecule has 4 saturated heterocycles. The average molecular weight is 1810 g/mol. The molecule has 0 spiro atoms. The van der Waals surface area contributed by atoms with Crippen molar-refractivity contribution in [2.45, 2.75) is 184 Å². The Bertz CT molecular complexity index is 6910. The summed E-state index contributed by atoms with van der Waals surface area (Å²) in [6, 6.07) is 34.3. The summed E-state index contributed by atoms with van der Waals surface area (Å²) >= 11 is 0. The monoisotopic (exact) mass is 1810 g/mol. The smallest absolute Gasteiger partial charge is 0.258 e. The van der Waals surface area contributed by atoms with Gasteiger partial charge in [-0.05, 0) is 202 Å². The van der Waals surface area contributed by atoms with Crippen molar-refractivity contribution >= 4 is 67.9 Å². The second-order valence-corrected chi connectivity index (χ2v) is 37.6. The van der Waals surface area contributed by atoms with E-state index in [1.165, 1.54) is 38.5 Å². The van der Waals surface area contributed by atoms with E-state index in [0.29, 0.717) is 82.6 Å². The predicted molar refractivity (Wildman–Crippen MR) is 532 cm³/mol. The lowest BCUT2D eigenvalue weighted by Gasteiger charge is -2.47. The average Bonchev–Trinajstić information content (AvgIpc) is 1.34. The maximum absolute atomic E-state index is 13.2. The number of β-amino-alcohol motifs (C(OH)–C–C–N with tert-alkyl or cyclic N) is 2. The van der Waals surface area contributed by atoms with Gasteiger partial charge in [0.2, 0.25) is 0 Å². The van der Waals surface area contributed by atoms with E-state index in [1.54, 1.807) is 41.9 Å². The van der Waals surface area contributed by atoms with Crippen LogP contribution in [0.4, 0.5) is 22.7 Å². The van der Waals surface area contributed by atoms with Gasteiger partial charge in [-0.15, -0.1) is 0 Å². The van der Waals surface area contributed by atoms with Gasteiger partial charge in [-0.25, -0.2) is 39.9 Å². The summed E-state index contributed by atoms with van der Waals surface area (Å²) in [5, 5.41) is 18.5. The van der Waals surface area contributed by atoms with Gasteiger partial charge >= 0.3 is 0 Å². The van der Waals surface area contributed by atoms with E-state index in [1.807, 2.05) is 156 Å². The van der Waals surface area contributed by atoms with E-state index in [2.05, 4.69) is 151 Å². The Kier molecular flexibility index (Phi) is 25.8. The Morgan fingerprint density at radius 1 is 0.306 bits per heavy atom. The number of hydrogen-bond acceptors (Lipinski definition) is 22. The van der Waals surface area contributed by atoms with E-state index in [9.17, 15) is 29.4 Å². The molecule has 16 aromatic rings. The van der Waals surface area contributed by atoms with Gasteiger partial charge in [0.1, 0.15) is 45.2 Å². The normalized spacial score (nSPS) is 18.6. The molecule has 0 aromatic carbocycles. The summed E-state index contributed by atoms with van der Waals surface area (Å²) < 4.78 is 14.8. The van der Waals surface area contributed by atoms with Crippen molar-refractivity contribution in [2.24, 2.45) is 0 Å². The molecule has 0 unspecified atom stereocenters. The van der Waals surface area contributed by atoms with Gasteiger partial charge in [0.15, 0.2) is 0 Å². The number of fused-ring (bicyclic) bond motifs is 8. The van der Waals surface area contributed by atoms with Crippen molar-refractivity contribution in [3.8, 4) is 45.0 Å². The summed E-state index contributed by atoms with van der Waals surface area (Å²) in [7, 11) is 0. The lowest BCUT2D eigenvalue weighted by Crippen LogP contribution is -2.57. The van der Waals surface area contributed by atoms with Crippen molar-refractivity contribution in [1.29, 1.82) is 0 Å². The molecule has 2 N–H and O–H groups in total. The number of aromatic nitrogens is 16. The number of aliphatic hydroxyl groups excluding tert-OH is 2. The van der Waals surface area contributed by atoms with E-state index in [4.69, 9.17) is 19.9 Å². The first kappa shape index (κ1) is 90.3. The molecular weight excluding hydrogens is 1680 g/mol. The van der Waals surface area contributed by atoms with Crippen LogP contribution in [-0.2, 0) is 25.7 Å². The fourth-order valence-corrected chi connectivity index (χ4v) is 20.8. The number of piperazine rings is 4. The first-order chi connectivity index (χ1) is 64.9. The van der Waals surface area contributed by atoms with Gasteiger partial charge in [0, 0.05) is 249 Å². The van der Waals surface area contributed by atoms with E-state index in [-0.39, 0.29) is 35.5 Å². The van der Waals surface area contributed by atoms with Crippen molar-refractivity contribution < 1.29 is 10.2 Å². The molecular formula is C104H124N24O6. The number of aryl methyl sites for hydroxylation is 8. The van der Waals surface area contributed by atoms with Gasteiger partial charge in [-0.1, -0.05) is 40.5 Å².